The molecule has 0 saturated carbocycles. The molecule has 0 amide bonds. The van der Waals surface area contributed by atoms with Crippen LogP contribution in [0, 0.1) is 11.8 Å². The summed E-state index contributed by atoms with van der Waals surface area (Å²) in [6, 6.07) is 0. The number of rotatable bonds is 5. The van der Waals surface area contributed by atoms with Gasteiger partial charge >= 0.3 is 17.8 Å². The molecule has 1 atom stereocenters. The molecule has 0 bridgehead atoms. The van der Waals surface area contributed by atoms with Gasteiger partial charge in [0.05, 0.1) is 26.2 Å². The highest BCUT2D eigenvalue weighted by Crippen LogP contribution is 2.25. The number of carbonyl (C=O) groups is 1. The molecule has 1 aliphatic heterocycles. The number of nitrogens with one attached hydrogen (secondary N) is 1. The Kier molecular flexibility index (Phi) is 6.60. The summed E-state index contributed by atoms with van der Waals surface area (Å²) in [4.78, 5) is 42.5. The Morgan fingerprint density at radius 1 is 1.34 bits per heavy atom. The molecule has 2 N–H and O–H groups in total. The molecule has 0 aromatic carbocycles. The van der Waals surface area contributed by atoms with Gasteiger partial charge in [-0.15, -0.1) is 5.92 Å². The molecule has 2 aromatic rings. The maximum Gasteiger partial charge on any atom is 0.491 e. The van der Waals surface area contributed by atoms with Crippen LogP contribution in [-0.4, -0.2) is 68.4 Å². The van der Waals surface area contributed by atoms with Crippen LogP contribution in [0.2, 0.25) is 0 Å². The first-order valence-corrected chi connectivity index (χ1v) is 9.57. The van der Waals surface area contributed by atoms with E-state index in [9.17, 15) is 32.7 Å². The van der Waals surface area contributed by atoms with Crippen molar-refractivity contribution in [1.82, 2.24) is 24.0 Å². The second kappa shape index (κ2) is 9.05. The third-order valence-corrected chi connectivity index (χ3v) is 4.87. The summed E-state index contributed by atoms with van der Waals surface area (Å²) in [5.74, 6) is 3.09. The Morgan fingerprint density at radius 2 is 2.06 bits per heavy atom. The van der Waals surface area contributed by atoms with Gasteiger partial charge in [0, 0.05) is 20.1 Å². The lowest BCUT2D eigenvalue weighted by atomic mass is 10.3. The molecular formula is C18H21F3N6O5. The summed E-state index contributed by atoms with van der Waals surface area (Å²) in [5.41, 5.74) is -1.47. The number of hydrogen-bond acceptors (Lipinski definition) is 8. The average Bonchev–Trinajstić information content (AvgIpc) is 3.12. The molecule has 11 nitrogen and oxygen atoms in total. The van der Waals surface area contributed by atoms with Crippen molar-refractivity contribution in [1.29, 1.82) is 0 Å². The van der Waals surface area contributed by atoms with E-state index >= 15 is 0 Å². The number of anilines is 1. The maximum absolute atomic E-state index is 12.9. The van der Waals surface area contributed by atoms with Crippen LogP contribution < -0.4 is 21.5 Å². The molecule has 174 valence electrons. The maximum atomic E-state index is 12.9. The summed E-state index contributed by atoms with van der Waals surface area (Å²) in [5, 5.41) is 12.2. The fourth-order valence-electron chi connectivity index (χ4n) is 3.38. The van der Waals surface area contributed by atoms with Crippen molar-refractivity contribution in [3.63, 3.8) is 0 Å². The van der Waals surface area contributed by atoms with E-state index in [1.54, 1.807) is 6.92 Å². The summed E-state index contributed by atoms with van der Waals surface area (Å²) >= 11 is 0. The predicted octanol–water partition coefficient (Wildman–Crippen LogP) is -1.25. The first kappa shape index (κ1) is 23.4. The van der Waals surface area contributed by atoms with E-state index in [0.717, 1.165) is 9.13 Å². The summed E-state index contributed by atoms with van der Waals surface area (Å²) in [7, 11) is 1.26. The molecule has 1 saturated heterocycles. The van der Waals surface area contributed by atoms with Gasteiger partial charge in [0.1, 0.15) is 0 Å². The number of aliphatic hydroxyl groups is 1. The normalized spacial score (nSPS) is 16.7. The topological polar surface area (TPSA) is 124 Å². The first-order chi connectivity index (χ1) is 15.1. The number of aliphatic hydroxyl groups excluding tert-OH is 1. The highest BCUT2D eigenvalue weighted by atomic mass is 19.4. The quantitative estimate of drug-likeness (QED) is 0.421. The zero-order valence-electron chi connectivity index (χ0n) is 17.3. The van der Waals surface area contributed by atoms with E-state index in [2.05, 4.69) is 26.9 Å². The second-order valence-corrected chi connectivity index (χ2v) is 6.87. The van der Waals surface area contributed by atoms with Gasteiger partial charge in [-0.05, 0) is 6.92 Å². The number of nitrogens with zero attached hydrogens (tertiary/aromatic N) is 5. The Labute approximate surface area is 179 Å². The molecule has 0 radical (unpaired) electrons. The van der Waals surface area contributed by atoms with Crippen molar-refractivity contribution in [2.24, 2.45) is 7.05 Å². The van der Waals surface area contributed by atoms with Crippen molar-refractivity contribution in [3.05, 3.63) is 20.8 Å². The van der Waals surface area contributed by atoms with Crippen LogP contribution >= 0.6 is 0 Å². The van der Waals surface area contributed by atoms with Crippen LogP contribution in [0.5, 0.6) is 0 Å². The van der Waals surface area contributed by atoms with Gasteiger partial charge in [-0.25, -0.2) is 9.59 Å². The minimum absolute atomic E-state index is 0.0126. The molecule has 1 aliphatic rings. The molecular weight excluding hydrogens is 437 g/mol. The van der Waals surface area contributed by atoms with Crippen LogP contribution in [0.25, 0.3) is 11.2 Å². The first-order valence-electron chi connectivity index (χ1n) is 9.57. The molecule has 0 spiro atoms. The van der Waals surface area contributed by atoms with Crippen LogP contribution in [0.15, 0.2) is 9.59 Å². The van der Waals surface area contributed by atoms with Crippen molar-refractivity contribution in [2.45, 2.75) is 32.4 Å². The van der Waals surface area contributed by atoms with Crippen LogP contribution in [0.3, 0.4) is 0 Å². The van der Waals surface area contributed by atoms with E-state index in [4.69, 9.17) is 0 Å². The molecule has 1 unspecified atom stereocenters. The average molecular weight is 458 g/mol. The Bertz CT molecular complexity index is 1200. The number of imidazole rings is 1. The Morgan fingerprint density at radius 3 is 2.69 bits per heavy atom. The number of piperazine rings is 1. The highest BCUT2D eigenvalue weighted by molar-refractivity contribution is 5.77. The van der Waals surface area contributed by atoms with E-state index in [1.807, 2.05) is 0 Å². The van der Waals surface area contributed by atoms with E-state index in [0.29, 0.717) is 6.54 Å². The number of carbonyl (C=O) groups excluding carboxylic acids is 1. The zero-order chi connectivity index (χ0) is 23.6. The molecule has 3 rings (SSSR count). The third kappa shape index (κ3) is 4.21. The number of halogens is 3. The lowest BCUT2D eigenvalue weighted by molar-refractivity contribution is -0.205. The van der Waals surface area contributed by atoms with Crippen molar-refractivity contribution >= 4 is 23.1 Å². The minimum atomic E-state index is -5.19. The van der Waals surface area contributed by atoms with Gasteiger partial charge in [0.15, 0.2) is 17.4 Å². The molecule has 14 heteroatoms. The number of esters is 1. The number of hydrogen-bond donors (Lipinski definition) is 2. The smallest absolute Gasteiger partial charge is 0.433 e. The lowest BCUT2D eigenvalue weighted by Gasteiger charge is -2.36. The van der Waals surface area contributed by atoms with Crippen LogP contribution in [0.1, 0.15) is 6.92 Å². The number of ether oxygens (including phenoxy) is 1. The van der Waals surface area contributed by atoms with Gasteiger partial charge in [-0.3, -0.25) is 18.5 Å². The van der Waals surface area contributed by atoms with Crippen molar-refractivity contribution in [2.75, 3.05) is 31.1 Å². The van der Waals surface area contributed by atoms with Gasteiger partial charge in [0.25, 0.3) is 5.56 Å². The van der Waals surface area contributed by atoms with E-state index in [-0.39, 0.29) is 43.3 Å². The monoisotopic (exact) mass is 458 g/mol. The standard InChI is InChI=1S/C18H21F3N6O5/c1-3-4-6-26-12-13(27(8-9-28)17(31)24(2)14(12)29)23-16(26)25-7-5-22-10-11(25)32-15(30)18(19,20)21/h11,22,28H,5-10H2,1-2H3. The summed E-state index contributed by atoms with van der Waals surface area (Å²) in [6.45, 7) is 1.26. The van der Waals surface area contributed by atoms with Crippen LogP contribution in [-0.2, 0) is 29.7 Å². The Balaban J connectivity index is 2.23. The Hall–Kier alpha value is -3.31. The molecule has 3 heterocycles. The van der Waals surface area contributed by atoms with Gasteiger partial charge < -0.3 is 20.1 Å². The predicted molar refractivity (Wildman–Crippen MR) is 106 cm³/mol. The van der Waals surface area contributed by atoms with Crippen molar-refractivity contribution in [3.8, 4) is 11.8 Å². The van der Waals surface area contributed by atoms with E-state index < -0.39 is 36.2 Å². The van der Waals surface area contributed by atoms with Crippen LogP contribution in [0.4, 0.5) is 19.1 Å². The fraction of sp³-hybridized carbons (Fsp3) is 0.556. The van der Waals surface area contributed by atoms with Gasteiger partial charge in [0.2, 0.25) is 5.95 Å². The minimum Gasteiger partial charge on any atom is -0.433 e. The SMILES string of the molecule is CC#CCn1c(N2CCNCC2OC(=O)C(F)(F)F)nc2c1c(=O)n(C)c(=O)n2CCO. The molecule has 32 heavy (non-hydrogen) atoms. The van der Waals surface area contributed by atoms with Gasteiger partial charge in [-0.1, -0.05) is 5.92 Å². The number of alkyl halides is 3. The molecule has 0 aliphatic carbocycles. The summed E-state index contributed by atoms with van der Waals surface area (Å²) < 4.78 is 46.3. The second-order valence-electron chi connectivity index (χ2n) is 6.87. The molecule has 2 aromatic heterocycles. The number of aromatic nitrogens is 4. The summed E-state index contributed by atoms with van der Waals surface area (Å²) in [6.07, 6.45) is -6.56. The zero-order valence-corrected chi connectivity index (χ0v) is 17.3. The van der Waals surface area contributed by atoms with E-state index in [1.165, 1.54) is 16.5 Å². The fourth-order valence-corrected chi connectivity index (χ4v) is 3.38. The third-order valence-electron chi connectivity index (χ3n) is 4.87. The van der Waals surface area contributed by atoms with Crippen molar-refractivity contribution < 1.29 is 27.8 Å². The number of fused-ring (bicyclic) bond motifs is 1. The highest BCUT2D eigenvalue weighted by Gasteiger charge is 2.44. The lowest BCUT2D eigenvalue weighted by Crippen LogP contribution is -2.55. The van der Waals surface area contributed by atoms with Gasteiger partial charge in [-0.2, -0.15) is 18.2 Å². The largest absolute Gasteiger partial charge is 0.491 e. The molecule has 1 fully saturated rings.